The van der Waals surface area contributed by atoms with Crippen molar-refractivity contribution in [2.75, 3.05) is 18.0 Å². The minimum atomic E-state index is -4.43. The molecule has 1 fully saturated rings. The monoisotopic (exact) mass is 232 g/mol. The maximum Gasteiger partial charge on any atom is 0.433 e. The Morgan fingerprint density at radius 2 is 2.19 bits per heavy atom. The molecule has 2 N–H and O–H groups in total. The van der Waals surface area contributed by atoms with Gasteiger partial charge in [0.25, 0.3) is 0 Å². The molecule has 1 aromatic rings. The minimum Gasteiger partial charge on any atom is -0.339 e. The summed E-state index contributed by atoms with van der Waals surface area (Å²) < 4.78 is 37.2. The molecule has 0 unspecified atom stereocenters. The molecule has 0 aliphatic carbocycles. The van der Waals surface area contributed by atoms with Crippen LogP contribution in [0.25, 0.3) is 0 Å². The molecule has 0 bridgehead atoms. The van der Waals surface area contributed by atoms with Gasteiger partial charge in [-0.15, -0.1) is 0 Å². The maximum atomic E-state index is 12.4. The van der Waals surface area contributed by atoms with E-state index < -0.39 is 11.9 Å². The van der Waals surface area contributed by atoms with Crippen molar-refractivity contribution in [1.82, 2.24) is 9.97 Å². The SMILES string of the molecule is N[C@@H]1CCN(c2nccc(C(F)(F)F)n2)C1. The summed E-state index contributed by atoms with van der Waals surface area (Å²) in [4.78, 5) is 8.99. The Bertz CT molecular complexity index is 379. The quantitative estimate of drug-likeness (QED) is 0.785. The zero-order valence-electron chi connectivity index (χ0n) is 8.41. The van der Waals surface area contributed by atoms with E-state index in [1.54, 1.807) is 4.90 Å². The highest BCUT2D eigenvalue weighted by Crippen LogP contribution is 2.28. The van der Waals surface area contributed by atoms with Crippen LogP contribution in [0.5, 0.6) is 0 Å². The molecular weight excluding hydrogens is 221 g/mol. The van der Waals surface area contributed by atoms with Crippen molar-refractivity contribution in [3.05, 3.63) is 18.0 Å². The predicted octanol–water partition coefficient (Wildman–Crippen LogP) is 1.03. The van der Waals surface area contributed by atoms with E-state index in [-0.39, 0.29) is 12.0 Å². The molecule has 88 valence electrons. The Balaban J connectivity index is 2.23. The Hall–Kier alpha value is -1.37. The van der Waals surface area contributed by atoms with Crippen LogP contribution in [-0.2, 0) is 6.18 Å². The number of nitrogens with zero attached hydrogens (tertiary/aromatic N) is 3. The molecule has 0 radical (unpaired) electrons. The van der Waals surface area contributed by atoms with Crippen LogP contribution in [0.4, 0.5) is 19.1 Å². The van der Waals surface area contributed by atoms with Gasteiger partial charge in [-0.25, -0.2) is 9.97 Å². The zero-order chi connectivity index (χ0) is 11.8. The van der Waals surface area contributed by atoms with E-state index in [2.05, 4.69) is 9.97 Å². The number of rotatable bonds is 1. The fourth-order valence-corrected chi connectivity index (χ4v) is 1.63. The van der Waals surface area contributed by atoms with Crippen molar-refractivity contribution >= 4 is 5.95 Å². The number of aromatic nitrogens is 2. The summed E-state index contributed by atoms with van der Waals surface area (Å²) in [5.74, 6) is 0.0998. The molecule has 1 aromatic heterocycles. The molecule has 16 heavy (non-hydrogen) atoms. The van der Waals surface area contributed by atoms with E-state index in [1.807, 2.05) is 0 Å². The van der Waals surface area contributed by atoms with Gasteiger partial charge in [-0.1, -0.05) is 0 Å². The molecule has 0 spiro atoms. The highest BCUT2D eigenvalue weighted by molar-refractivity contribution is 5.33. The first-order valence-corrected chi connectivity index (χ1v) is 4.87. The first kappa shape index (κ1) is 11.1. The number of hydrogen-bond donors (Lipinski definition) is 1. The van der Waals surface area contributed by atoms with Gasteiger partial charge in [-0.05, 0) is 12.5 Å². The first-order valence-electron chi connectivity index (χ1n) is 4.87. The molecule has 1 saturated heterocycles. The lowest BCUT2D eigenvalue weighted by atomic mass is 10.3. The number of anilines is 1. The Morgan fingerprint density at radius 3 is 2.75 bits per heavy atom. The molecule has 1 atom stereocenters. The lowest BCUT2D eigenvalue weighted by Gasteiger charge is -2.16. The fourth-order valence-electron chi connectivity index (χ4n) is 1.63. The smallest absolute Gasteiger partial charge is 0.339 e. The molecule has 7 heteroatoms. The van der Waals surface area contributed by atoms with Crippen molar-refractivity contribution in [2.24, 2.45) is 5.73 Å². The summed E-state index contributed by atoms with van der Waals surface area (Å²) in [5.41, 5.74) is 4.75. The number of nitrogens with two attached hydrogens (primary N) is 1. The summed E-state index contributed by atoms with van der Waals surface area (Å²) in [7, 11) is 0. The van der Waals surface area contributed by atoms with Crippen molar-refractivity contribution in [1.29, 1.82) is 0 Å². The third kappa shape index (κ3) is 2.24. The Labute approximate surface area is 90.3 Å². The number of halogens is 3. The van der Waals surface area contributed by atoms with E-state index in [0.717, 1.165) is 18.7 Å². The van der Waals surface area contributed by atoms with Gasteiger partial charge >= 0.3 is 6.18 Å². The third-order valence-corrected chi connectivity index (χ3v) is 2.44. The van der Waals surface area contributed by atoms with Gasteiger partial charge in [0.2, 0.25) is 5.95 Å². The molecule has 2 heterocycles. The van der Waals surface area contributed by atoms with E-state index in [0.29, 0.717) is 13.1 Å². The van der Waals surface area contributed by atoms with E-state index in [1.165, 1.54) is 0 Å². The second-order valence-electron chi connectivity index (χ2n) is 3.73. The van der Waals surface area contributed by atoms with Crippen LogP contribution >= 0.6 is 0 Å². The van der Waals surface area contributed by atoms with Crippen molar-refractivity contribution in [3.63, 3.8) is 0 Å². The second-order valence-corrected chi connectivity index (χ2v) is 3.73. The fraction of sp³-hybridized carbons (Fsp3) is 0.556. The maximum absolute atomic E-state index is 12.4. The van der Waals surface area contributed by atoms with Crippen LogP contribution in [0, 0.1) is 0 Å². The highest BCUT2D eigenvalue weighted by Gasteiger charge is 2.33. The lowest BCUT2D eigenvalue weighted by molar-refractivity contribution is -0.141. The lowest BCUT2D eigenvalue weighted by Crippen LogP contribution is -2.28. The molecule has 2 rings (SSSR count). The van der Waals surface area contributed by atoms with Crippen molar-refractivity contribution in [2.45, 2.75) is 18.6 Å². The highest BCUT2D eigenvalue weighted by atomic mass is 19.4. The van der Waals surface area contributed by atoms with Gasteiger partial charge < -0.3 is 10.6 Å². The van der Waals surface area contributed by atoms with E-state index in [9.17, 15) is 13.2 Å². The van der Waals surface area contributed by atoms with Crippen LogP contribution < -0.4 is 10.6 Å². The Morgan fingerprint density at radius 1 is 1.44 bits per heavy atom. The van der Waals surface area contributed by atoms with Crippen LogP contribution in [0.3, 0.4) is 0 Å². The van der Waals surface area contributed by atoms with Gasteiger partial charge in [-0.3, -0.25) is 0 Å². The van der Waals surface area contributed by atoms with Gasteiger partial charge in [0.1, 0.15) is 5.69 Å². The number of alkyl halides is 3. The predicted molar refractivity (Wildman–Crippen MR) is 51.8 cm³/mol. The van der Waals surface area contributed by atoms with Crippen molar-refractivity contribution in [3.8, 4) is 0 Å². The van der Waals surface area contributed by atoms with Gasteiger partial charge in [-0.2, -0.15) is 13.2 Å². The zero-order valence-corrected chi connectivity index (χ0v) is 8.41. The largest absolute Gasteiger partial charge is 0.433 e. The van der Waals surface area contributed by atoms with Crippen LogP contribution in [-0.4, -0.2) is 29.1 Å². The van der Waals surface area contributed by atoms with Gasteiger partial charge in [0, 0.05) is 25.3 Å². The van der Waals surface area contributed by atoms with Crippen LogP contribution in [0.2, 0.25) is 0 Å². The standard InChI is InChI=1S/C9H11F3N4/c10-9(11,12)7-1-3-14-8(15-7)16-4-2-6(13)5-16/h1,3,6H,2,4-5,13H2/t6-/m1/s1. The third-order valence-electron chi connectivity index (χ3n) is 2.44. The van der Waals surface area contributed by atoms with Crippen molar-refractivity contribution < 1.29 is 13.2 Å². The minimum absolute atomic E-state index is 0.0156. The topological polar surface area (TPSA) is 55.0 Å². The molecule has 0 aromatic carbocycles. The summed E-state index contributed by atoms with van der Waals surface area (Å²) in [5, 5.41) is 0. The molecule has 0 amide bonds. The first-order chi connectivity index (χ1) is 7.47. The number of hydrogen-bond acceptors (Lipinski definition) is 4. The molecule has 0 saturated carbocycles. The average molecular weight is 232 g/mol. The molecule has 4 nitrogen and oxygen atoms in total. The molecule has 1 aliphatic rings. The normalized spacial score (nSPS) is 21.5. The Kier molecular flexibility index (Phi) is 2.71. The molecular formula is C9H11F3N4. The van der Waals surface area contributed by atoms with Gasteiger partial charge in [0.15, 0.2) is 0 Å². The van der Waals surface area contributed by atoms with E-state index >= 15 is 0 Å². The van der Waals surface area contributed by atoms with Gasteiger partial charge in [0.05, 0.1) is 0 Å². The van der Waals surface area contributed by atoms with E-state index in [4.69, 9.17) is 5.73 Å². The average Bonchev–Trinajstić information content (AvgIpc) is 2.64. The second kappa shape index (κ2) is 3.89. The summed E-state index contributed by atoms with van der Waals surface area (Å²) in [6, 6.07) is 0.845. The van der Waals surface area contributed by atoms with Crippen LogP contribution in [0.15, 0.2) is 12.3 Å². The molecule has 1 aliphatic heterocycles. The summed E-state index contributed by atoms with van der Waals surface area (Å²) >= 11 is 0. The van der Waals surface area contributed by atoms with Crippen LogP contribution in [0.1, 0.15) is 12.1 Å². The summed E-state index contributed by atoms with van der Waals surface area (Å²) in [6.45, 7) is 1.10. The summed E-state index contributed by atoms with van der Waals surface area (Å²) in [6.07, 6.45) is -2.56.